The van der Waals surface area contributed by atoms with Crippen molar-refractivity contribution in [3.8, 4) is 0 Å². The highest BCUT2D eigenvalue weighted by atomic mass is 16.1. The average Bonchev–Trinajstić information content (AvgIpc) is 2.09. The van der Waals surface area contributed by atoms with Gasteiger partial charge in [-0.25, -0.2) is 0 Å². The van der Waals surface area contributed by atoms with Gasteiger partial charge in [-0.1, -0.05) is 20.8 Å². The summed E-state index contributed by atoms with van der Waals surface area (Å²) in [6.07, 6.45) is -0.322. The maximum Gasteiger partial charge on any atom is 0.366 e. The van der Waals surface area contributed by atoms with E-state index in [1.54, 1.807) is 0 Å². The Bertz CT molecular complexity index is 300. The van der Waals surface area contributed by atoms with Gasteiger partial charge in [0.15, 0.2) is 6.17 Å². The van der Waals surface area contributed by atoms with Gasteiger partial charge in [0, 0.05) is 5.41 Å². The standard InChI is InChI=1S/C11H22N4O/c1-11(2,3)9(16)8(13-12)10(14(4)5)15(6)7/h10H,1-7H3. The molecule has 92 valence electrons. The van der Waals surface area contributed by atoms with E-state index >= 15 is 0 Å². The van der Waals surface area contributed by atoms with Crippen molar-refractivity contribution in [3.63, 3.8) is 0 Å². The van der Waals surface area contributed by atoms with E-state index in [1.165, 1.54) is 0 Å². The topological polar surface area (TPSA) is 60.0 Å². The fraction of sp³-hybridized carbons (Fsp3) is 0.818. The minimum absolute atomic E-state index is 0.151. The predicted molar refractivity (Wildman–Crippen MR) is 64.3 cm³/mol. The third kappa shape index (κ3) is 3.52. The Morgan fingerprint density at radius 1 is 1.12 bits per heavy atom. The fourth-order valence-corrected chi connectivity index (χ4v) is 1.55. The highest BCUT2D eigenvalue weighted by molar-refractivity contribution is 6.40. The zero-order valence-corrected chi connectivity index (χ0v) is 11.3. The van der Waals surface area contributed by atoms with Gasteiger partial charge in [0.1, 0.15) is 0 Å². The minimum atomic E-state index is -0.550. The summed E-state index contributed by atoms with van der Waals surface area (Å²) in [6.45, 7) is 5.43. The minimum Gasteiger partial charge on any atom is -0.361 e. The lowest BCUT2D eigenvalue weighted by atomic mass is 9.87. The van der Waals surface area contributed by atoms with Crippen molar-refractivity contribution >= 4 is 11.5 Å². The van der Waals surface area contributed by atoms with Crippen LogP contribution in [0.3, 0.4) is 0 Å². The van der Waals surface area contributed by atoms with Crippen molar-refractivity contribution in [2.24, 2.45) is 5.41 Å². The first kappa shape index (κ1) is 15.0. The molecule has 0 spiro atoms. The summed E-state index contributed by atoms with van der Waals surface area (Å²) in [5.41, 5.74) is 8.66. The fourth-order valence-electron chi connectivity index (χ4n) is 1.55. The summed E-state index contributed by atoms with van der Waals surface area (Å²) < 4.78 is 0. The normalized spacial score (nSPS) is 12.1. The van der Waals surface area contributed by atoms with E-state index in [2.05, 4.69) is 4.79 Å². The molecule has 0 saturated heterocycles. The Balaban J connectivity index is 5.30. The molecule has 0 aromatic carbocycles. The molecule has 5 heteroatoms. The van der Waals surface area contributed by atoms with Gasteiger partial charge in [-0.3, -0.25) is 14.6 Å². The number of carbonyl (C=O) groups is 1. The van der Waals surface area contributed by atoms with E-state index in [1.807, 2.05) is 58.8 Å². The molecule has 0 heterocycles. The monoisotopic (exact) mass is 226 g/mol. The number of carbonyl (C=O) groups excluding carboxylic acids is 1. The van der Waals surface area contributed by atoms with Crippen LogP contribution in [0.1, 0.15) is 20.8 Å². The first-order chi connectivity index (χ1) is 7.12. The molecule has 0 N–H and O–H groups in total. The second-order valence-electron chi connectivity index (χ2n) is 5.37. The van der Waals surface area contributed by atoms with E-state index in [4.69, 9.17) is 5.53 Å². The molecule has 0 bridgehead atoms. The Morgan fingerprint density at radius 2 is 1.50 bits per heavy atom. The highest BCUT2D eigenvalue weighted by Gasteiger charge is 2.40. The van der Waals surface area contributed by atoms with Crippen molar-refractivity contribution in [1.82, 2.24) is 9.80 Å². The summed E-state index contributed by atoms with van der Waals surface area (Å²) in [7, 11) is 7.36. The van der Waals surface area contributed by atoms with Gasteiger partial charge >= 0.3 is 5.71 Å². The van der Waals surface area contributed by atoms with Crippen LogP contribution >= 0.6 is 0 Å². The first-order valence-corrected chi connectivity index (χ1v) is 5.22. The van der Waals surface area contributed by atoms with Crippen molar-refractivity contribution < 1.29 is 9.58 Å². The van der Waals surface area contributed by atoms with Gasteiger partial charge in [0.05, 0.1) is 0 Å². The molecule has 16 heavy (non-hydrogen) atoms. The van der Waals surface area contributed by atoms with E-state index < -0.39 is 5.41 Å². The van der Waals surface area contributed by atoms with Crippen LogP contribution in [-0.4, -0.2) is 60.4 Å². The molecule has 0 aliphatic carbocycles. The van der Waals surface area contributed by atoms with Crippen LogP contribution in [0.15, 0.2) is 0 Å². The molecule has 0 unspecified atom stereocenters. The molecule has 0 rings (SSSR count). The predicted octanol–water partition coefficient (Wildman–Crippen LogP) is 0.722. The maximum atomic E-state index is 12.1. The summed E-state index contributed by atoms with van der Waals surface area (Å²) in [6, 6.07) is 0. The van der Waals surface area contributed by atoms with Gasteiger partial charge in [-0.05, 0) is 28.2 Å². The lowest BCUT2D eigenvalue weighted by Gasteiger charge is -2.27. The van der Waals surface area contributed by atoms with Crippen molar-refractivity contribution in [1.29, 1.82) is 0 Å². The molecule has 0 atom stereocenters. The Labute approximate surface area is 97.7 Å². The van der Waals surface area contributed by atoms with E-state index in [9.17, 15) is 4.79 Å². The van der Waals surface area contributed by atoms with Crippen LogP contribution in [0.25, 0.3) is 5.53 Å². The third-order valence-electron chi connectivity index (χ3n) is 2.24. The van der Waals surface area contributed by atoms with Crippen molar-refractivity contribution in [2.75, 3.05) is 28.2 Å². The van der Waals surface area contributed by atoms with E-state index in [0.29, 0.717) is 0 Å². The molecule has 0 amide bonds. The van der Waals surface area contributed by atoms with E-state index in [0.717, 1.165) is 0 Å². The average molecular weight is 226 g/mol. The lowest BCUT2D eigenvalue weighted by Crippen LogP contribution is -2.52. The third-order valence-corrected chi connectivity index (χ3v) is 2.24. The zero-order chi connectivity index (χ0) is 13.1. The van der Waals surface area contributed by atoms with Crippen LogP contribution in [0.2, 0.25) is 0 Å². The number of hydrogen-bond acceptors (Lipinski definition) is 3. The van der Waals surface area contributed by atoms with Crippen LogP contribution in [0.5, 0.6) is 0 Å². The highest BCUT2D eigenvalue weighted by Crippen LogP contribution is 2.17. The van der Waals surface area contributed by atoms with Crippen LogP contribution in [0.4, 0.5) is 0 Å². The molecule has 0 radical (unpaired) electrons. The summed E-state index contributed by atoms with van der Waals surface area (Å²) in [5, 5.41) is 0. The number of hydrogen-bond donors (Lipinski definition) is 0. The molecule has 0 fully saturated rings. The second-order valence-corrected chi connectivity index (χ2v) is 5.37. The molecular weight excluding hydrogens is 204 g/mol. The van der Waals surface area contributed by atoms with Gasteiger partial charge in [0.2, 0.25) is 5.78 Å². The molecular formula is C11H22N4O. The molecule has 0 aromatic rings. The van der Waals surface area contributed by atoms with Gasteiger partial charge < -0.3 is 5.53 Å². The van der Waals surface area contributed by atoms with Crippen LogP contribution < -0.4 is 0 Å². The molecule has 0 saturated carbocycles. The number of Topliss-reactive ketones (excluding diaryl/α,β-unsaturated/α-hetero) is 1. The Morgan fingerprint density at radius 3 is 1.69 bits per heavy atom. The van der Waals surface area contributed by atoms with E-state index in [-0.39, 0.29) is 17.7 Å². The first-order valence-electron chi connectivity index (χ1n) is 5.22. The largest absolute Gasteiger partial charge is 0.366 e. The molecule has 0 aliphatic heterocycles. The summed E-state index contributed by atoms with van der Waals surface area (Å²) in [4.78, 5) is 18.9. The van der Waals surface area contributed by atoms with Crippen molar-refractivity contribution in [3.05, 3.63) is 5.53 Å². The summed E-state index contributed by atoms with van der Waals surface area (Å²) >= 11 is 0. The van der Waals surface area contributed by atoms with Crippen molar-refractivity contribution in [2.45, 2.75) is 26.9 Å². The maximum absolute atomic E-state index is 12.1. The lowest BCUT2D eigenvalue weighted by molar-refractivity contribution is -0.125. The zero-order valence-electron chi connectivity index (χ0n) is 11.3. The Hall–Kier alpha value is -1.03. The SMILES string of the molecule is CN(C)C(C(=[N+]=[N-])C(=O)C(C)(C)C)N(C)C. The number of ketones is 1. The van der Waals surface area contributed by atoms with Crippen LogP contribution in [0, 0.1) is 5.41 Å². The molecule has 0 aromatic heterocycles. The quantitative estimate of drug-likeness (QED) is 0.307. The second kappa shape index (κ2) is 5.34. The van der Waals surface area contributed by atoms with Gasteiger partial charge in [-0.2, -0.15) is 4.79 Å². The number of rotatable bonds is 4. The Kier molecular flexibility index (Phi) is 5.00. The molecule has 0 aliphatic rings. The van der Waals surface area contributed by atoms with Crippen LogP contribution in [-0.2, 0) is 4.79 Å². The molecule has 5 nitrogen and oxygen atoms in total. The summed E-state index contributed by atoms with van der Waals surface area (Å²) in [5.74, 6) is -0.151. The van der Waals surface area contributed by atoms with Gasteiger partial charge in [0.25, 0.3) is 0 Å². The number of nitrogens with zero attached hydrogens (tertiary/aromatic N) is 4. The van der Waals surface area contributed by atoms with Gasteiger partial charge in [-0.15, -0.1) is 0 Å². The smallest absolute Gasteiger partial charge is 0.361 e.